The van der Waals surface area contributed by atoms with Crippen LogP contribution in [0.3, 0.4) is 0 Å². The van der Waals surface area contributed by atoms with Crippen molar-refractivity contribution in [3.05, 3.63) is 198 Å². The number of rotatable bonds is 3. The van der Waals surface area contributed by atoms with Crippen LogP contribution >= 0.6 is 0 Å². The van der Waals surface area contributed by atoms with Gasteiger partial charge in [-0.2, -0.15) is 0 Å². The molecule has 9 aromatic rings. The molecule has 7 aromatic carbocycles. The van der Waals surface area contributed by atoms with Gasteiger partial charge in [0.2, 0.25) is 0 Å². The summed E-state index contributed by atoms with van der Waals surface area (Å²) >= 11 is 0. The van der Waals surface area contributed by atoms with Crippen LogP contribution in [0.2, 0.25) is 0 Å². The number of nitrogens with zero attached hydrogens (tertiary/aromatic N) is 3. The van der Waals surface area contributed by atoms with Crippen LogP contribution in [0.1, 0.15) is 22.3 Å². The number of pyridine rings is 1. The topological polar surface area (TPSA) is 30.7 Å². The molecule has 0 fully saturated rings. The van der Waals surface area contributed by atoms with E-state index >= 15 is 0 Å². The van der Waals surface area contributed by atoms with E-state index in [1.165, 1.54) is 44.3 Å². The third-order valence-electron chi connectivity index (χ3n) is 10.8. The molecule has 0 radical (unpaired) electrons. The average molecular weight is 636 g/mol. The molecule has 11 rings (SSSR count). The van der Waals surface area contributed by atoms with Crippen LogP contribution in [0.25, 0.3) is 72.5 Å². The van der Waals surface area contributed by atoms with Crippen LogP contribution in [0.5, 0.6) is 0 Å². The summed E-state index contributed by atoms with van der Waals surface area (Å²) in [6, 6.07) is 63.3. The lowest BCUT2D eigenvalue weighted by Gasteiger charge is -2.31. The van der Waals surface area contributed by atoms with Gasteiger partial charge >= 0.3 is 0 Å². The minimum Gasteiger partial charge on any atom is -0.292 e. The van der Waals surface area contributed by atoms with Crippen molar-refractivity contribution >= 4 is 21.8 Å². The molecule has 2 aromatic heterocycles. The highest BCUT2D eigenvalue weighted by Crippen LogP contribution is 2.64. The van der Waals surface area contributed by atoms with E-state index in [2.05, 4.69) is 174 Å². The molecule has 3 nitrogen and oxygen atoms in total. The van der Waals surface area contributed by atoms with Crippen molar-refractivity contribution in [1.29, 1.82) is 0 Å². The first-order valence-electron chi connectivity index (χ1n) is 17.2. The van der Waals surface area contributed by atoms with Gasteiger partial charge in [-0.1, -0.05) is 152 Å². The summed E-state index contributed by atoms with van der Waals surface area (Å²) in [4.78, 5) is 10.7. The molecule has 1 spiro atoms. The number of para-hydroxylation sites is 3. The SMILES string of the molecule is c1ccc(-n2c(-c3ccc(-c4nc5c(c6ccccc46)C4(c6ccccc6-c6ccccc64)c4ccccc4-5)cc3)nc3ccccc32)cc1. The first-order valence-corrected chi connectivity index (χ1v) is 17.2. The average Bonchev–Trinajstić information content (AvgIpc) is 3.83. The maximum absolute atomic E-state index is 5.64. The van der Waals surface area contributed by atoms with Crippen LogP contribution in [0.4, 0.5) is 0 Å². The Hall–Kier alpha value is -6.58. The van der Waals surface area contributed by atoms with Gasteiger partial charge in [-0.15, -0.1) is 0 Å². The molecule has 0 atom stereocenters. The molecule has 0 saturated heterocycles. The van der Waals surface area contributed by atoms with Crippen LogP contribution < -0.4 is 0 Å². The van der Waals surface area contributed by atoms with E-state index in [4.69, 9.17) is 9.97 Å². The molecule has 0 aliphatic heterocycles. The Kier molecular flexibility index (Phi) is 5.59. The van der Waals surface area contributed by atoms with Crippen molar-refractivity contribution in [2.75, 3.05) is 0 Å². The molecule has 3 heteroatoms. The number of imidazole rings is 1. The van der Waals surface area contributed by atoms with Crippen molar-refractivity contribution in [3.8, 4) is 50.7 Å². The highest BCUT2D eigenvalue weighted by molar-refractivity contribution is 6.06. The molecular weight excluding hydrogens is 607 g/mol. The zero-order chi connectivity index (χ0) is 32.8. The summed E-state index contributed by atoms with van der Waals surface area (Å²) < 4.78 is 2.25. The zero-order valence-corrected chi connectivity index (χ0v) is 27.1. The normalized spacial score (nSPS) is 13.4. The second-order valence-electron chi connectivity index (χ2n) is 13.3. The van der Waals surface area contributed by atoms with Crippen LogP contribution in [-0.4, -0.2) is 14.5 Å². The Balaban J connectivity index is 1.14. The molecule has 0 unspecified atom stereocenters. The summed E-state index contributed by atoms with van der Waals surface area (Å²) in [5.41, 5.74) is 16.0. The van der Waals surface area contributed by atoms with Gasteiger partial charge in [0.1, 0.15) is 5.82 Å². The van der Waals surface area contributed by atoms with Crippen LogP contribution in [0, 0.1) is 0 Å². The molecule has 0 bridgehead atoms. The van der Waals surface area contributed by atoms with E-state index in [-0.39, 0.29) is 0 Å². The number of fused-ring (bicyclic) bond motifs is 13. The molecular formula is C47H29N3. The van der Waals surface area contributed by atoms with Crippen LogP contribution in [0.15, 0.2) is 176 Å². The van der Waals surface area contributed by atoms with Gasteiger partial charge in [-0.05, 0) is 57.5 Å². The minimum absolute atomic E-state index is 0.440. The maximum Gasteiger partial charge on any atom is 0.145 e. The maximum atomic E-state index is 5.64. The van der Waals surface area contributed by atoms with Crippen molar-refractivity contribution < 1.29 is 0 Å². The second kappa shape index (κ2) is 10.2. The van der Waals surface area contributed by atoms with Crippen molar-refractivity contribution in [2.24, 2.45) is 0 Å². The fourth-order valence-electron chi connectivity index (χ4n) is 8.84. The third kappa shape index (κ3) is 3.53. The lowest BCUT2D eigenvalue weighted by Crippen LogP contribution is -2.26. The van der Waals surface area contributed by atoms with E-state index in [1.807, 2.05) is 6.07 Å². The van der Waals surface area contributed by atoms with E-state index in [0.717, 1.165) is 50.4 Å². The minimum atomic E-state index is -0.440. The standard InChI is InChI=1S/C47H29N3/c1-2-14-32(15-3-1)50-42-25-13-12-24-41(42)48-46(50)31-28-26-30(27-29-31)44-36-19-5-4-18-35(36)43-45(49-44)37-20-8-11-23-40(37)47(43)38-21-9-6-16-33(38)34-17-7-10-22-39(34)47/h1-29H. The van der Waals surface area contributed by atoms with Gasteiger partial charge in [0.25, 0.3) is 0 Å². The highest BCUT2D eigenvalue weighted by atomic mass is 15.1. The Labute approximate surface area is 289 Å². The second-order valence-corrected chi connectivity index (χ2v) is 13.3. The van der Waals surface area contributed by atoms with Gasteiger partial charge in [-0.3, -0.25) is 4.57 Å². The molecule has 50 heavy (non-hydrogen) atoms. The van der Waals surface area contributed by atoms with Gasteiger partial charge in [0.15, 0.2) is 0 Å². The van der Waals surface area contributed by atoms with Gasteiger partial charge in [0.05, 0.1) is 27.8 Å². The van der Waals surface area contributed by atoms with Gasteiger partial charge in [-0.25, -0.2) is 9.97 Å². The quantitative estimate of drug-likeness (QED) is 0.193. The monoisotopic (exact) mass is 635 g/mol. The van der Waals surface area contributed by atoms with Crippen molar-refractivity contribution in [2.45, 2.75) is 5.41 Å². The molecule has 0 N–H and O–H groups in total. The molecule has 0 amide bonds. The molecule has 2 aliphatic rings. The zero-order valence-electron chi connectivity index (χ0n) is 27.1. The van der Waals surface area contributed by atoms with E-state index in [0.29, 0.717) is 0 Å². The van der Waals surface area contributed by atoms with E-state index in [1.54, 1.807) is 0 Å². The summed E-state index contributed by atoms with van der Waals surface area (Å²) in [6.07, 6.45) is 0. The molecule has 2 aliphatic carbocycles. The summed E-state index contributed by atoms with van der Waals surface area (Å²) in [6.45, 7) is 0. The number of benzene rings is 7. The first kappa shape index (κ1) is 27.4. The Bertz CT molecular complexity index is 2760. The largest absolute Gasteiger partial charge is 0.292 e. The first-order chi connectivity index (χ1) is 24.8. The van der Waals surface area contributed by atoms with Crippen molar-refractivity contribution in [3.63, 3.8) is 0 Å². The number of aromatic nitrogens is 3. The third-order valence-corrected chi connectivity index (χ3v) is 10.8. The Morgan fingerprint density at radius 3 is 1.66 bits per heavy atom. The predicted molar refractivity (Wildman–Crippen MR) is 204 cm³/mol. The summed E-state index contributed by atoms with van der Waals surface area (Å²) in [7, 11) is 0. The Morgan fingerprint density at radius 2 is 0.940 bits per heavy atom. The van der Waals surface area contributed by atoms with Crippen molar-refractivity contribution in [1.82, 2.24) is 14.5 Å². The predicted octanol–water partition coefficient (Wildman–Crippen LogP) is 11.3. The lowest BCUT2D eigenvalue weighted by molar-refractivity contribution is 0.799. The van der Waals surface area contributed by atoms with E-state index in [9.17, 15) is 0 Å². The molecule has 0 saturated carbocycles. The summed E-state index contributed by atoms with van der Waals surface area (Å²) in [5, 5.41) is 2.40. The fourth-order valence-corrected chi connectivity index (χ4v) is 8.84. The number of hydrogen-bond donors (Lipinski definition) is 0. The smallest absolute Gasteiger partial charge is 0.145 e. The van der Waals surface area contributed by atoms with E-state index < -0.39 is 5.41 Å². The molecule has 2 heterocycles. The van der Waals surface area contributed by atoms with Gasteiger partial charge < -0.3 is 0 Å². The molecule has 232 valence electrons. The summed E-state index contributed by atoms with van der Waals surface area (Å²) in [5.74, 6) is 0.921. The van der Waals surface area contributed by atoms with Crippen LogP contribution in [-0.2, 0) is 5.41 Å². The highest BCUT2D eigenvalue weighted by Gasteiger charge is 2.53. The number of hydrogen-bond acceptors (Lipinski definition) is 2. The Morgan fingerprint density at radius 1 is 0.400 bits per heavy atom. The fraction of sp³-hybridized carbons (Fsp3) is 0.0213. The van der Waals surface area contributed by atoms with Gasteiger partial charge in [0, 0.05) is 33.3 Å². The lowest BCUT2D eigenvalue weighted by atomic mass is 9.69.